The molecule has 4 nitrogen and oxygen atoms in total. The van der Waals surface area contributed by atoms with Crippen molar-refractivity contribution in [2.45, 2.75) is 31.4 Å². The van der Waals surface area contributed by atoms with E-state index in [1.54, 1.807) is 9.80 Å². The van der Waals surface area contributed by atoms with E-state index in [0.717, 1.165) is 19.3 Å². The van der Waals surface area contributed by atoms with Gasteiger partial charge in [0.15, 0.2) is 0 Å². The van der Waals surface area contributed by atoms with Gasteiger partial charge < -0.3 is 14.9 Å². The molecule has 13 heavy (non-hydrogen) atoms. The second-order valence-corrected chi connectivity index (χ2v) is 4.01. The third-order valence-electron chi connectivity index (χ3n) is 2.83. The van der Waals surface area contributed by atoms with Crippen LogP contribution in [-0.2, 0) is 0 Å². The highest BCUT2D eigenvalue weighted by molar-refractivity contribution is 5.75. The van der Waals surface area contributed by atoms with Crippen LogP contribution in [0.15, 0.2) is 0 Å². The summed E-state index contributed by atoms with van der Waals surface area (Å²) in [6.07, 6.45) is 2.69. The second kappa shape index (κ2) is 3.18. The standard InChI is InChI=1S/C9H16N2O2/c1-10(7-2-3-7)9(13)11-5-4-8(12)6-11/h7-8,12H,2-6H2,1H3/t8-/m0/s1. The molecule has 1 aliphatic heterocycles. The summed E-state index contributed by atoms with van der Waals surface area (Å²) in [6.45, 7) is 1.22. The van der Waals surface area contributed by atoms with Crippen LogP contribution < -0.4 is 0 Å². The fourth-order valence-electron chi connectivity index (χ4n) is 1.76. The van der Waals surface area contributed by atoms with Gasteiger partial charge in [-0.25, -0.2) is 4.79 Å². The molecule has 1 saturated carbocycles. The quantitative estimate of drug-likeness (QED) is 0.635. The number of amides is 2. The van der Waals surface area contributed by atoms with Gasteiger partial charge in [0.25, 0.3) is 0 Å². The number of hydrogen-bond donors (Lipinski definition) is 1. The Bertz CT molecular complexity index is 216. The van der Waals surface area contributed by atoms with Crippen LogP contribution in [-0.4, -0.2) is 53.2 Å². The molecule has 2 fully saturated rings. The van der Waals surface area contributed by atoms with Crippen molar-refractivity contribution in [3.8, 4) is 0 Å². The fraction of sp³-hybridized carbons (Fsp3) is 0.889. The van der Waals surface area contributed by atoms with Crippen LogP contribution in [0.2, 0.25) is 0 Å². The monoisotopic (exact) mass is 184 g/mol. The highest BCUT2D eigenvalue weighted by atomic mass is 16.3. The van der Waals surface area contributed by atoms with Gasteiger partial charge >= 0.3 is 6.03 Å². The summed E-state index contributed by atoms with van der Waals surface area (Å²) in [6, 6.07) is 0.546. The van der Waals surface area contributed by atoms with E-state index in [4.69, 9.17) is 0 Å². The maximum Gasteiger partial charge on any atom is 0.320 e. The number of nitrogens with zero attached hydrogens (tertiary/aromatic N) is 2. The molecule has 0 radical (unpaired) electrons. The molecule has 2 rings (SSSR count). The number of likely N-dealkylation sites (tertiary alicyclic amines) is 1. The van der Waals surface area contributed by atoms with Gasteiger partial charge in [-0.1, -0.05) is 0 Å². The van der Waals surface area contributed by atoms with Crippen LogP contribution in [0.1, 0.15) is 19.3 Å². The number of aliphatic hydroxyl groups excluding tert-OH is 1. The van der Waals surface area contributed by atoms with E-state index in [9.17, 15) is 9.90 Å². The Labute approximate surface area is 78.1 Å². The van der Waals surface area contributed by atoms with Gasteiger partial charge in [0, 0.05) is 26.2 Å². The smallest absolute Gasteiger partial charge is 0.320 e. The van der Waals surface area contributed by atoms with E-state index in [2.05, 4.69) is 0 Å². The molecule has 2 aliphatic rings. The summed E-state index contributed by atoms with van der Waals surface area (Å²) >= 11 is 0. The summed E-state index contributed by atoms with van der Waals surface area (Å²) in [5.41, 5.74) is 0. The topological polar surface area (TPSA) is 43.8 Å². The zero-order chi connectivity index (χ0) is 9.42. The van der Waals surface area contributed by atoms with Crippen molar-refractivity contribution < 1.29 is 9.90 Å². The van der Waals surface area contributed by atoms with Crippen molar-refractivity contribution in [2.75, 3.05) is 20.1 Å². The normalized spacial score (nSPS) is 27.8. The molecular formula is C9H16N2O2. The predicted octanol–water partition coefficient (Wildman–Crippen LogP) is 0.267. The lowest BCUT2D eigenvalue weighted by atomic mass is 10.3. The molecule has 0 spiro atoms. The van der Waals surface area contributed by atoms with Crippen molar-refractivity contribution in [1.82, 2.24) is 9.80 Å². The zero-order valence-electron chi connectivity index (χ0n) is 7.94. The maximum absolute atomic E-state index is 11.7. The van der Waals surface area contributed by atoms with Gasteiger partial charge in [-0.15, -0.1) is 0 Å². The van der Waals surface area contributed by atoms with Crippen LogP contribution in [0.3, 0.4) is 0 Å². The lowest BCUT2D eigenvalue weighted by Gasteiger charge is -2.23. The van der Waals surface area contributed by atoms with E-state index >= 15 is 0 Å². The molecule has 1 aliphatic carbocycles. The lowest BCUT2D eigenvalue weighted by Crippen LogP contribution is -2.41. The van der Waals surface area contributed by atoms with Crippen LogP contribution in [0.4, 0.5) is 4.79 Å². The first kappa shape index (κ1) is 8.81. The minimum Gasteiger partial charge on any atom is -0.391 e. The van der Waals surface area contributed by atoms with E-state index < -0.39 is 0 Å². The highest BCUT2D eigenvalue weighted by Crippen LogP contribution is 2.26. The van der Waals surface area contributed by atoms with E-state index in [1.807, 2.05) is 7.05 Å². The minimum absolute atomic E-state index is 0.0825. The van der Waals surface area contributed by atoms with Crippen LogP contribution in [0.5, 0.6) is 0 Å². The molecule has 0 aromatic carbocycles. The van der Waals surface area contributed by atoms with Gasteiger partial charge in [0.1, 0.15) is 0 Å². The second-order valence-electron chi connectivity index (χ2n) is 4.01. The first-order valence-corrected chi connectivity index (χ1v) is 4.88. The molecule has 4 heteroatoms. The third-order valence-corrected chi connectivity index (χ3v) is 2.83. The number of hydrogen-bond acceptors (Lipinski definition) is 2. The third kappa shape index (κ3) is 1.77. The SMILES string of the molecule is CN(C(=O)N1CC[C@H](O)C1)C1CC1. The number of carbonyl (C=O) groups is 1. The molecule has 1 heterocycles. The molecule has 1 saturated heterocycles. The molecule has 74 valence electrons. The molecule has 1 N–H and O–H groups in total. The Morgan fingerprint density at radius 2 is 2.15 bits per heavy atom. The summed E-state index contributed by atoms with van der Waals surface area (Å²) in [4.78, 5) is 15.3. The van der Waals surface area contributed by atoms with Crippen molar-refractivity contribution in [3.63, 3.8) is 0 Å². The van der Waals surface area contributed by atoms with E-state index in [-0.39, 0.29) is 12.1 Å². The molecule has 2 amide bonds. The highest BCUT2D eigenvalue weighted by Gasteiger charge is 2.34. The van der Waals surface area contributed by atoms with E-state index in [0.29, 0.717) is 19.1 Å². The fourth-order valence-corrected chi connectivity index (χ4v) is 1.76. The van der Waals surface area contributed by atoms with Gasteiger partial charge in [-0.05, 0) is 19.3 Å². The number of carbonyl (C=O) groups excluding carboxylic acids is 1. The minimum atomic E-state index is -0.309. The summed E-state index contributed by atoms with van der Waals surface area (Å²) < 4.78 is 0. The molecule has 0 aromatic rings. The van der Waals surface area contributed by atoms with Gasteiger partial charge in [-0.2, -0.15) is 0 Å². The van der Waals surface area contributed by atoms with Crippen molar-refractivity contribution in [2.24, 2.45) is 0 Å². The number of β-amino-alcohol motifs (C(OH)–C–C–N with tert-alkyl or cyclic N) is 1. The average Bonchev–Trinajstić information content (AvgIpc) is 2.87. The van der Waals surface area contributed by atoms with Crippen LogP contribution in [0.25, 0.3) is 0 Å². The van der Waals surface area contributed by atoms with Crippen molar-refractivity contribution >= 4 is 6.03 Å². The van der Waals surface area contributed by atoms with Gasteiger partial charge in [-0.3, -0.25) is 0 Å². The molecule has 0 bridgehead atoms. The molecular weight excluding hydrogens is 168 g/mol. The first-order chi connectivity index (χ1) is 6.18. The summed E-state index contributed by atoms with van der Waals surface area (Å²) in [5.74, 6) is 0. The Morgan fingerprint density at radius 3 is 2.62 bits per heavy atom. The van der Waals surface area contributed by atoms with Crippen molar-refractivity contribution in [1.29, 1.82) is 0 Å². The maximum atomic E-state index is 11.7. The Hall–Kier alpha value is -0.770. The predicted molar refractivity (Wildman–Crippen MR) is 48.4 cm³/mol. The lowest BCUT2D eigenvalue weighted by molar-refractivity contribution is 0.152. The van der Waals surface area contributed by atoms with E-state index in [1.165, 1.54) is 0 Å². The van der Waals surface area contributed by atoms with Gasteiger partial charge in [0.05, 0.1) is 6.10 Å². The number of urea groups is 1. The largest absolute Gasteiger partial charge is 0.391 e. The average molecular weight is 184 g/mol. The molecule has 0 aromatic heterocycles. The number of aliphatic hydroxyl groups is 1. The Morgan fingerprint density at radius 1 is 1.46 bits per heavy atom. The van der Waals surface area contributed by atoms with Crippen LogP contribution >= 0.6 is 0 Å². The van der Waals surface area contributed by atoms with Crippen LogP contribution in [0, 0.1) is 0 Å². The molecule has 1 atom stereocenters. The Kier molecular flexibility index (Phi) is 2.15. The Balaban J connectivity index is 1.88. The zero-order valence-corrected chi connectivity index (χ0v) is 7.94. The summed E-state index contributed by atoms with van der Waals surface area (Å²) in [5, 5.41) is 9.27. The molecule has 0 unspecified atom stereocenters. The first-order valence-electron chi connectivity index (χ1n) is 4.88. The van der Waals surface area contributed by atoms with Crippen molar-refractivity contribution in [3.05, 3.63) is 0 Å². The summed E-state index contributed by atoms with van der Waals surface area (Å²) in [7, 11) is 1.85. The van der Waals surface area contributed by atoms with Gasteiger partial charge in [0.2, 0.25) is 0 Å². The number of rotatable bonds is 1.